The number of ether oxygens (including phenoxy) is 2. The van der Waals surface area contributed by atoms with Gasteiger partial charge in [-0.15, -0.1) is 0 Å². The van der Waals surface area contributed by atoms with Crippen LogP contribution in [-0.4, -0.2) is 25.9 Å². The largest absolute Gasteiger partial charge is 0.379 e. The lowest BCUT2D eigenvalue weighted by Gasteiger charge is -2.16. The molecule has 16 heavy (non-hydrogen) atoms. The summed E-state index contributed by atoms with van der Waals surface area (Å²) in [6, 6.07) is 8.31. The quantitative estimate of drug-likeness (QED) is 0.769. The van der Waals surface area contributed by atoms with Gasteiger partial charge in [-0.3, -0.25) is 0 Å². The average molecular weight is 221 g/mol. The van der Waals surface area contributed by atoms with Gasteiger partial charge >= 0.3 is 0 Å². The number of hydrogen-bond donors (Lipinski definition) is 1. The Labute approximate surface area is 96.5 Å². The van der Waals surface area contributed by atoms with Crippen LogP contribution in [0.25, 0.3) is 0 Å². The number of nitrogens with two attached hydrogens (primary N) is 1. The third-order valence-corrected chi connectivity index (χ3v) is 3.00. The molecule has 3 nitrogen and oxygen atoms in total. The van der Waals surface area contributed by atoms with Crippen LogP contribution in [-0.2, 0) is 15.9 Å². The van der Waals surface area contributed by atoms with Crippen LogP contribution in [0.15, 0.2) is 24.3 Å². The van der Waals surface area contributed by atoms with Crippen molar-refractivity contribution in [2.45, 2.75) is 25.5 Å². The van der Waals surface area contributed by atoms with Gasteiger partial charge in [0.1, 0.15) is 0 Å². The molecule has 2 N–H and O–H groups in total. The number of hydrogen-bond acceptors (Lipinski definition) is 3. The van der Waals surface area contributed by atoms with E-state index >= 15 is 0 Å². The smallest absolute Gasteiger partial charge is 0.0809 e. The highest BCUT2D eigenvalue weighted by atomic mass is 16.5. The lowest BCUT2D eigenvalue weighted by Crippen LogP contribution is -2.26. The van der Waals surface area contributed by atoms with Gasteiger partial charge in [0.2, 0.25) is 0 Å². The minimum absolute atomic E-state index is 0.0119. The van der Waals surface area contributed by atoms with E-state index in [0.717, 1.165) is 13.0 Å². The second-order valence-electron chi connectivity index (χ2n) is 4.03. The van der Waals surface area contributed by atoms with Crippen molar-refractivity contribution in [3.05, 3.63) is 35.4 Å². The zero-order chi connectivity index (χ0) is 11.4. The molecule has 0 fully saturated rings. The molecule has 0 amide bonds. The van der Waals surface area contributed by atoms with E-state index in [9.17, 15) is 0 Å². The van der Waals surface area contributed by atoms with Crippen molar-refractivity contribution in [3.63, 3.8) is 0 Å². The first-order chi connectivity index (χ1) is 7.83. The maximum atomic E-state index is 6.14. The van der Waals surface area contributed by atoms with E-state index in [0.29, 0.717) is 13.2 Å². The summed E-state index contributed by atoms with van der Waals surface area (Å²) in [7, 11) is 0. The Bertz CT molecular complexity index is 340. The van der Waals surface area contributed by atoms with Crippen molar-refractivity contribution in [3.8, 4) is 0 Å². The molecular weight excluding hydrogens is 202 g/mol. The zero-order valence-corrected chi connectivity index (χ0v) is 9.69. The van der Waals surface area contributed by atoms with Crippen LogP contribution < -0.4 is 5.73 Å². The fraction of sp³-hybridized carbons (Fsp3) is 0.538. The van der Waals surface area contributed by atoms with Gasteiger partial charge in [-0.2, -0.15) is 0 Å². The zero-order valence-electron chi connectivity index (χ0n) is 9.69. The molecule has 88 valence electrons. The minimum atomic E-state index is 0.0119. The first kappa shape index (κ1) is 11.6. The van der Waals surface area contributed by atoms with Gasteiger partial charge in [0.15, 0.2) is 0 Å². The predicted octanol–water partition coefficient (Wildman–Crippen LogP) is 1.66. The molecule has 0 saturated carbocycles. The standard InChI is InChI=1S/C13H19NO2/c1-2-15-7-8-16-12-9-10-5-3-4-6-11(10)13(12)14/h3-6,12-13H,2,7-9,14H2,1H3. The second kappa shape index (κ2) is 5.43. The molecular formula is C13H19NO2. The maximum absolute atomic E-state index is 6.14. The van der Waals surface area contributed by atoms with Crippen LogP contribution in [0, 0.1) is 0 Å². The van der Waals surface area contributed by atoms with E-state index in [1.807, 2.05) is 19.1 Å². The summed E-state index contributed by atoms with van der Waals surface area (Å²) in [5.41, 5.74) is 8.68. The molecule has 1 aliphatic carbocycles. The first-order valence-corrected chi connectivity index (χ1v) is 5.85. The normalized spacial score (nSPS) is 23.4. The highest BCUT2D eigenvalue weighted by Gasteiger charge is 2.29. The highest BCUT2D eigenvalue weighted by molar-refractivity contribution is 5.36. The Kier molecular flexibility index (Phi) is 3.93. The Hall–Kier alpha value is -0.900. The minimum Gasteiger partial charge on any atom is -0.379 e. The summed E-state index contributed by atoms with van der Waals surface area (Å²) < 4.78 is 11.0. The Morgan fingerprint density at radius 3 is 2.88 bits per heavy atom. The third kappa shape index (κ3) is 2.43. The first-order valence-electron chi connectivity index (χ1n) is 5.85. The molecule has 0 heterocycles. The Morgan fingerprint density at radius 1 is 1.31 bits per heavy atom. The molecule has 0 bridgehead atoms. The molecule has 1 aliphatic rings. The molecule has 0 spiro atoms. The Balaban J connectivity index is 1.87. The van der Waals surface area contributed by atoms with Gasteiger partial charge in [-0.1, -0.05) is 24.3 Å². The van der Waals surface area contributed by atoms with Crippen molar-refractivity contribution in [1.29, 1.82) is 0 Å². The van der Waals surface area contributed by atoms with E-state index in [4.69, 9.17) is 15.2 Å². The Morgan fingerprint density at radius 2 is 2.12 bits per heavy atom. The lowest BCUT2D eigenvalue weighted by molar-refractivity contribution is 0.00163. The second-order valence-corrected chi connectivity index (χ2v) is 4.03. The topological polar surface area (TPSA) is 44.5 Å². The van der Waals surface area contributed by atoms with Crippen molar-refractivity contribution >= 4 is 0 Å². The number of rotatable bonds is 5. The summed E-state index contributed by atoms with van der Waals surface area (Å²) in [6.07, 6.45) is 1.03. The van der Waals surface area contributed by atoms with Gasteiger partial charge < -0.3 is 15.2 Å². The maximum Gasteiger partial charge on any atom is 0.0809 e. The number of fused-ring (bicyclic) bond motifs is 1. The monoisotopic (exact) mass is 221 g/mol. The van der Waals surface area contributed by atoms with Crippen LogP contribution in [0.4, 0.5) is 0 Å². The van der Waals surface area contributed by atoms with Crippen molar-refractivity contribution in [1.82, 2.24) is 0 Å². The molecule has 0 saturated heterocycles. The molecule has 0 aliphatic heterocycles. The van der Waals surface area contributed by atoms with E-state index in [-0.39, 0.29) is 12.1 Å². The highest BCUT2D eigenvalue weighted by Crippen LogP contribution is 2.31. The predicted molar refractivity (Wildman–Crippen MR) is 63.3 cm³/mol. The van der Waals surface area contributed by atoms with E-state index < -0.39 is 0 Å². The molecule has 2 rings (SSSR count). The summed E-state index contributed by atoms with van der Waals surface area (Å²) in [4.78, 5) is 0. The fourth-order valence-electron chi connectivity index (χ4n) is 2.15. The molecule has 1 aromatic rings. The third-order valence-electron chi connectivity index (χ3n) is 3.00. The van der Waals surface area contributed by atoms with Crippen LogP contribution in [0.2, 0.25) is 0 Å². The molecule has 0 radical (unpaired) electrons. The van der Waals surface area contributed by atoms with Gasteiger partial charge in [0.05, 0.1) is 25.4 Å². The van der Waals surface area contributed by atoms with E-state index in [1.165, 1.54) is 11.1 Å². The SMILES string of the molecule is CCOCCOC1Cc2ccccc2C1N. The van der Waals surface area contributed by atoms with E-state index in [1.54, 1.807) is 0 Å². The molecule has 3 heteroatoms. The number of benzene rings is 1. The fourth-order valence-corrected chi connectivity index (χ4v) is 2.15. The van der Waals surface area contributed by atoms with Crippen molar-refractivity contribution in [2.24, 2.45) is 5.73 Å². The van der Waals surface area contributed by atoms with Gasteiger partial charge in [0.25, 0.3) is 0 Å². The summed E-state index contributed by atoms with van der Waals surface area (Å²) in [5.74, 6) is 0. The molecule has 0 aromatic heterocycles. The van der Waals surface area contributed by atoms with Crippen LogP contribution >= 0.6 is 0 Å². The van der Waals surface area contributed by atoms with Gasteiger partial charge in [-0.25, -0.2) is 0 Å². The summed E-state index contributed by atoms with van der Waals surface area (Å²) in [6.45, 7) is 3.99. The molecule has 2 unspecified atom stereocenters. The lowest BCUT2D eigenvalue weighted by atomic mass is 10.1. The van der Waals surface area contributed by atoms with E-state index in [2.05, 4.69) is 12.1 Å². The van der Waals surface area contributed by atoms with Crippen LogP contribution in [0.5, 0.6) is 0 Å². The van der Waals surface area contributed by atoms with Crippen LogP contribution in [0.1, 0.15) is 24.1 Å². The average Bonchev–Trinajstić information content (AvgIpc) is 2.63. The van der Waals surface area contributed by atoms with Crippen molar-refractivity contribution < 1.29 is 9.47 Å². The molecule has 1 aromatic carbocycles. The summed E-state index contributed by atoms with van der Waals surface area (Å²) in [5, 5.41) is 0. The summed E-state index contributed by atoms with van der Waals surface area (Å²) >= 11 is 0. The molecule has 2 atom stereocenters. The van der Waals surface area contributed by atoms with Crippen molar-refractivity contribution in [2.75, 3.05) is 19.8 Å². The van der Waals surface area contributed by atoms with Crippen LogP contribution in [0.3, 0.4) is 0 Å². The van der Waals surface area contributed by atoms with Gasteiger partial charge in [0, 0.05) is 13.0 Å². The van der Waals surface area contributed by atoms with Gasteiger partial charge in [-0.05, 0) is 18.1 Å².